The number of hydrogen-bond donors (Lipinski definition) is 2. The van der Waals surface area contributed by atoms with Crippen LogP contribution in [0.3, 0.4) is 0 Å². The Morgan fingerprint density at radius 3 is 2.61 bits per heavy atom. The van der Waals surface area contributed by atoms with Gasteiger partial charge in [-0.3, -0.25) is 4.79 Å². The third kappa shape index (κ3) is 3.26. The highest BCUT2D eigenvalue weighted by Crippen LogP contribution is 2.12. The van der Waals surface area contributed by atoms with Crippen LogP contribution in [-0.2, 0) is 21.9 Å². The topological polar surface area (TPSA) is 114 Å². The van der Waals surface area contributed by atoms with Gasteiger partial charge >= 0.3 is 5.97 Å². The molecule has 18 heavy (non-hydrogen) atoms. The maximum absolute atomic E-state index is 11.9. The van der Waals surface area contributed by atoms with E-state index in [0.717, 1.165) is 11.0 Å². The van der Waals surface area contributed by atoms with Crippen LogP contribution in [0.5, 0.6) is 0 Å². The van der Waals surface area contributed by atoms with Crippen molar-refractivity contribution in [2.24, 2.45) is 13.0 Å². The van der Waals surface area contributed by atoms with Gasteiger partial charge in [0.05, 0.1) is 6.20 Å². The van der Waals surface area contributed by atoms with Gasteiger partial charge in [-0.2, -0.15) is 14.6 Å². The van der Waals surface area contributed by atoms with Crippen molar-refractivity contribution in [3.05, 3.63) is 6.20 Å². The van der Waals surface area contributed by atoms with Gasteiger partial charge in [0.2, 0.25) is 5.03 Å². The van der Waals surface area contributed by atoms with E-state index in [1.54, 1.807) is 13.8 Å². The number of rotatable bonds is 6. The van der Waals surface area contributed by atoms with Crippen LogP contribution in [0.4, 0.5) is 0 Å². The van der Waals surface area contributed by atoms with E-state index >= 15 is 0 Å². The van der Waals surface area contributed by atoms with E-state index < -0.39 is 22.0 Å². The molecule has 0 bridgehead atoms. The maximum atomic E-state index is 11.9. The molecule has 0 aromatic carbocycles. The van der Waals surface area contributed by atoms with E-state index in [2.05, 4.69) is 14.9 Å². The first-order valence-corrected chi connectivity index (χ1v) is 6.87. The van der Waals surface area contributed by atoms with E-state index in [0.29, 0.717) is 6.42 Å². The van der Waals surface area contributed by atoms with Crippen molar-refractivity contribution in [3.63, 3.8) is 0 Å². The smallest absolute Gasteiger partial charge is 0.322 e. The number of nitrogens with zero attached hydrogens (tertiary/aromatic N) is 3. The SMILES string of the molecule is CC[C@H](C)[C@H](NS(=O)(=O)c1cnn(C)n1)C(=O)O. The molecular weight excluding hydrogens is 260 g/mol. The highest BCUT2D eigenvalue weighted by Gasteiger charge is 2.30. The Kier molecular flexibility index (Phi) is 4.41. The van der Waals surface area contributed by atoms with Gasteiger partial charge in [-0.15, -0.1) is 5.10 Å². The van der Waals surface area contributed by atoms with Crippen LogP contribution < -0.4 is 4.72 Å². The molecule has 0 saturated carbocycles. The predicted molar refractivity (Wildman–Crippen MR) is 62.2 cm³/mol. The number of carboxylic acids is 1. The molecule has 2 N–H and O–H groups in total. The third-order valence-electron chi connectivity index (χ3n) is 2.62. The molecule has 0 fully saturated rings. The minimum atomic E-state index is -3.96. The first kappa shape index (κ1) is 14.6. The third-order valence-corrected chi connectivity index (χ3v) is 3.92. The number of carbonyl (C=O) groups is 1. The molecular formula is C9H16N4O4S. The van der Waals surface area contributed by atoms with Crippen molar-refractivity contribution in [2.75, 3.05) is 0 Å². The first-order valence-electron chi connectivity index (χ1n) is 5.39. The normalized spacial score (nSPS) is 15.3. The Balaban J connectivity index is 2.96. The number of aliphatic carboxylic acids is 1. The summed E-state index contributed by atoms with van der Waals surface area (Å²) in [5.74, 6) is -1.54. The first-order chi connectivity index (χ1) is 8.27. The molecule has 9 heteroatoms. The highest BCUT2D eigenvalue weighted by atomic mass is 32.2. The second kappa shape index (κ2) is 5.44. The number of sulfonamides is 1. The average molecular weight is 276 g/mol. The maximum Gasteiger partial charge on any atom is 0.322 e. The fourth-order valence-electron chi connectivity index (χ4n) is 1.32. The van der Waals surface area contributed by atoms with Crippen LogP contribution in [0, 0.1) is 5.92 Å². The lowest BCUT2D eigenvalue weighted by molar-refractivity contribution is -0.140. The summed E-state index contributed by atoms with van der Waals surface area (Å²) in [5.41, 5.74) is 0. The molecule has 1 heterocycles. The largest absolute Gasteiger partial charge is 0.480 e. The molecule has 102 valence electrons. The van der Waals surface area contributed by atoms with Crippen LogP contribution in [0.25, 0.3) is 0 Å². The molecule has 0 aliphatic rings. The Labute approximate surface area is 105 Å². The number of carboxylic acid groups (broad SMARTS) is 1. The van der Waals surface area contributed by atoms with Crippen molar-refractivity contribution in [1.82, 2.24) is 19.7 Å². The quantitative estimate of drug-likeness (QED) is 0.730. The van der Waals surface area contributed by atoms with Crippen molar-refractivity contribution in [2.45, 2.75) is 31.3 Å². The van der Waals surface area contributed by atoms with Crippen molar-refractivity contribution in [1.29, 1.82) is 0 Å². The molecule has 1 aromatic heterocycles. The van der Waals surface area contributed by atoms with Gasteiger partial charge in [0.1, 0.15) is 6.04 Å². The van der Waals surface area contributed by atoms with Gasteiger partial charge in [-0.1, -0.05) is 20.3 Å². The summed E-state index contributed by atoms with van der Waals surface area (Å²) in [6, 6.07) is -1.18. The Hall–Kier alpha value is -1.48. The van der Waals surface area contributed by atoms with E-state index in [4.69, 9.17) is 5.11 Å². The lowest BCUT2D eigenvalue weighted by Gasteiger charge is -2.19. The second-order valence-electron chi connectivity index (χ2n) is 3.99. The molecule has 2 atom stereocenters. The molecule has 0 aliphatic heterocycles. The molecule has 0 amide bonds. The molecule has 0 aliphatic carbocycles. The van der Waals surface area contributed by atoms with Crippen LogP contribution in [0.1, 0.15) is 20.3 Å². The summed E-state index contributed by atoms with van der Waals surface area (Å²) >= 11 is 0. The molecule has 1 aromatic rings. The van der Waals surface area contributed by atoms with Crippen LogP contribution >= 0.6 is 0 Å². The monoisotopic (exact) mass is 276 g/mol. The summed E-state index contributed by atoms with van der Waals surface area (Å²) in [7, 11) is -2.49. The minimum absolute atomic E-state index is 0.292. The summed E-state index contributed by atoms with van der Waals surface area (Å²) < 4.78 is 25.9. The fourth-order valence-corrected chi connectivity index (χ4v) is 2.52. The molecule has 0 unspecified atom stereocenters. The van der Waals surface area contributed by atoms with E-state index in [9.17, 15) is 13.2 Å². The van der Waals surface area contributed by atoms with Gasteiger partial charge in [-0.05, 0) is 5.92 Å². The lowest BCUT2D eigenvalue weighted by atomic mass is 10.0. The van der Waals surface area contributed by atoms with Crippen molar-refractivity contribution < 1.29 is 18.3 Å². The van der Waals surface area contributed by atoms with Gasteiger partial charge in [0.15, 0.2) is 0 Å². The number of nitrogens with one attached hydrogen (secondary N) is 1. The summed E-state index contributed by atoms with van der Waals surface area (Å²) in [6.45, 7) is 3.45. The summed E-state index contributed by atoms with van der Waals surface area (Å²) in [6.07, 6.45) is 1.61. The summed E-state index contributed by atoms with van der Waals surface area (Å²) in [4.78, 5) is 12.1. The average Bonchev–Trinajstić information content (AvgIpc) is 2.72. The zero-order chi connectivity index (χ0) is 13.9. The van der Waals surface area contributed by atoms with E-state index in [-0.39, 0.29) is 10.9 Å². The zero-order valence-electron chi connectivity index (χ0n) is 10.4. The lowest BCUT2D eigenvalue weighted by Crippen LogP contribution is -2.45. The van der Waals surface area contributed by atoms with Gasteiger partial charge in [-0.25, -0.2) is 8.42 Å². The van der Waals surface area contributed by atoms with Crippen LogP contribution in [0.2, 0.25) is 0 Å². The molecule has 1 rings (SSSR count). The zero-order valence-corrected chi connectivity index (χ0v) is 11.2. The Morgan fingerprint density at radius 1 is 1.61 bits per heavy atom. The second-order valence-corrected chi connectivity index (χ2v) is 5.66. The van der Waals surface area contributed by atoms with Gasteiger partial charge < -0.3 is 5.11 Å². The van der Waals surface area contributed by atoms with E-state index in [1.165, 1.54) is 7.05 Å². The van der Waals surface area contributed by atoms with Crippen LogP contribution in [0.15, 0.2) is 11.2 Å². The Bertz CT molecular complexity index is 524. The number of aryl methyl sites for hydroxylation is 1. The van der Waals surface area contributed by atoms with Crippen LogP contribution in [-0.4, -0.2) is 40.5 Å². The molecule has 0 spiro atoms. The van der Waals surface area contributed by atoms with Gasteiger partial charge in [0.25, 0.3) is 10.0 Å². The molecule has 0 radical (unpaired) electrons. The fraction of sp³-hybridized carbons (Fsp3) is 0.667. The van der Waals surface area contributed by atoms with Crippen molar-refractivity contribution >= 4 is 16.0 Å². The standard InChI is InChI=1S/C9H16N4O4S/c1-4-6(2)8(9(14)15)12-18(16,17)7-5-10-13(3)11-7/h5-6,8,12H,4H2,1-3H3,(H,14,15)/t6-,8-/m0/s1. The minimum Gasteiger partial charge on any atom is -0.480 e. The molecule has 8 nitrogen and oxygen atoms in total. The van der Waals surface area contributed by atoms with Gasteiger partial charge in [0, 0.05) is 7.05 Å². The summed E-state index contributed by atoms with van der Waals surface area (Å²) in [5, 5.41) is 16.0. The predicted octanol–water partition coefficient (Wildman–Crippen LogP) is -0.407. The molecule has 0 saturated heterocycles. The number of aromatic nitrogens is 3. The number of hydrogen-bond acceptors (Lipinski definition) is 5. The van der Waals surface area contributed by atoms with E-state index in [1.807, 2.05) is 0 Å². The Morgan fingerprint density at radius 2 is 2.22 bits per heavy atom. The van der Waals surface area contributed by atoms with Crippen molar-refractivity contribution in [3.8, 4) is 0 Å². The highest BCUT2D eigenvalue weighted by molar-refractivity contribution is 7.89.